The van der Waals surface area contributed by atoms with E-state index < -0.39 is 11.7 Å². The summed E-state index contributed by atoms with van der Waals surface area (Å²) in [5, 5.41) is 12.1. The number of aromatic nitrogens is 2. The first-order chi connectivity index (χ1) is 22.4. The summed E-state index contributed by atoms with van der Waals surface area (Å²) < 4.78 is 20.3. The van der Waals surface area contributed by atoms with E-state index in [9.17, 15) is 14.0 Å². The third-order valence-corrected chi connectivity index (χ3v) is 9.35. The van der Waals surface area contributed by atoms with Gasteiger partial charge >= 0.3 is 0 Å². The van der Waals surface area contributed by atoms with E-state index in [4.69, 9.17) is 4.74 Å². The van der Waals surface area contributed by atoms with Crippen LogP contribution in [0.2, 0.25) is 0 Å². The Labute approximate surface area is 272 Å². The summed E-state index contributed by atoms with van der Waals surface area (Å²) in [6.07, 6.45) is 4.86. The summed E-state index contributed by atoms with van der Waals surface area (Å²) in [6.45, 7) is 7.20. The van der Waals surface area contributed by atoms with Crippen molar-refractivity contribution in [3.05, 3.63) is 93.8 Å². The lowest BCUT2D eigenvalue weighted by Crippen LogP contribution is -2.44. The fourth-order valence-electron chi connectivity index (χ4n) is 5.98. The maximum absolute atomic E-state index is 14.3. The van der Waals surface area contributed by atoms with Crippen molar-refractivity contribution in [2.45, 2.75) is 51.1 Å². The number of benzene rings is 2. The van der Waals surface area contributed by atoms with Crippen molar-refractivity contribution in [1.29, 1.82) is 0 Å². The van der Waals surface area contributed by atoms with Crippen LogP contribution in [0.5, 0.6) is 11.6 Å². The van der Waals surface area contributed by atoms with Crippen LogP contribution in [-0.4, -0.2) is 71.5 Å². The summed E-state index contributed by atoms with van der Waals surface area (Å²) in [5.74, 6) is -0.697. The monoisotopic (exact) mass is 642 g/mol. The molecule has 11 heteroatoms. The van der Waals surface area contributed by atoms with Crippen LogP contribution in [0.1, 0.15) is 57.1 Å². The Balaban J connectivity index is 1.05. The fraction of sp³-hybridized carbons (Fsp3) is 0.371. The van der Waals surface area contributed by atoms with Crippen LogP contribution in [0.15, 0.2) is 66.2 Å². The molecule has 2 aromatic carbocycles. The molecule has 0 unspecified atom stereocenters. The van der Waals surface area contributed by atoms with E-state index in [0.717, 1.165) is 67.5 Å². The normalized spacial score (nSPS) is 18.6. The average molecular weight is 643 g/mol. The van der Waals surface area contributed by atoms with Gasteiger partial charge in [-0.1, -0.05) is 36.4 Å². The van der Waals surface area contributed by atoms with Gasteiger partial charge < -0.3 is 25.6 Å². The zero-order valence-electron chi connectivity index (χ0n) is 25.9. The fourth-order valence-corrected chi connectivity index (χ4v) is 6.57. The molecule has 4 aromatic rings. The van der Waals surface area contributed by atoms with Crippen LogP contribution in [0.3, 0.4) is 0 Å². The summed E-state index contributed by atoms with van der Waals surface area (Å²) in [7, 11) is 0. The van der Waals surface area contributed by atoms with Gasteiger partial charge in [0.1, 0.15) is 22.8 Å². The summed E-state index contributed by atoms with van der Waals surface area (Å²) in [4.78, 5) is 36.7. The molecule has 240 valence electrons. The molecule has 1 aliphatic carbocycles. The van der Waals surface area contributed by atoms with E-state index >= 15 is 0 Å². The van der Waals surface area contributed by atoms with Crippen LogP contribution in [-0.2, 0) is 6.42 Å². The molecule has 1 saturated carbocycles. The molecule has 0 spiro atoms. The molecule has 2 aromatic heterocycles. The molecule has 3 heterocycles. The topological polar surface area (TPSA) is 108 Å². The number of thiazole rings is 1. The Morgan fingerprint density at radius 3 is 2.39 bits per heavy atom. The second-order valence-electron chi connectivity index (χ2n) is 11.9. The number of carbonyl (C=O) groups is 2. The van der Waals surface area contributed by atoms with Gasteiger partial charge in [0.2, 0.25) is 5.88 Å². The summed E-state index contributed by atoms with van der Waals surface area (Å²) in [6, 6.07) is 17.2. The van der Waals surface area contributed by atoms with Gasteiger partial charge in [-0.15, -0.1) is 11.3 Å². The van der Waals surface area contributed by atoms with Gasteiger partial charge in [-0.05, 0) is 73.9 Å². The highest BCUT2D eigenvalue weighted by Gasteiger charge is 2.26. The van der Waals surface area contributed by atoms with Gasteiger partial charge in [0, 0.05) is 50.2 Å². The first kappa shape index (κ1) is 31.8. The first-order valence-electron chi connectivity index (χ1n) is 15.9. The van der Waals surface area contributed by atoms with Crippen molar-refractivity contribution in [2.75, 3.05) is 32.7 Å². The Bertz CT molecular complexity index is 1650. The number of nitrogens with one attached hydrogen (secondary N) is 3. The number of aryl methyl sites for hydroxylation is 1. The number of nitrogens with zero attached hydrogens (tertiary/aromatic N) is 3. The number of halogens is 1. The maximum atomic E-state index is 14.3. The van der Waals surface area contributed by atoms with Gasteiger partial charge in [-0.3, -0.25) is 9.59 Å². The standard InChI is InChI=1S/C35H39FN6O3S/c1-23-39-32(22-46-23)34(44)41-29-11-9-28(10-12-29)40-33(43)31-20-27(36)21-38-35(31)45-30-4-2-3-26(19-30)25-7-5-24(6-8-25)13-16-42-17-14-37-15-18-42/h2-8,19-22,28-29,37H,9-18H2,1H3,(H,40,43)(H,41,44)/t28-,29+. The van der Waals surface area contributed by atoms with Gasteiger partial charge in [0.25, 0.3) is 11.8 Å². The number of hydrogen-bond acceptors (Lipinski definition) is 8. The molecule has 1 saturated heterocycles. The van der Waals surface area contributed by atoms with E-state index in [1.165, 1.54) is 16.9 Å². The van der Waals surface area contributed by atoms with Crippen molar-refractivity contribution in [1.82, 2.24) is 30.8 Å². The summed E-state index contributed by atoms with van der Waals surface area (Å²) in [5.41, 5.74) is 3.78. The lowest BCUT2D eigenvalue weighted by Gasteiger charge is -2.29. The third kappa shape index (κ3) is 8.34. The van der Waals surface area contributed by atoms with Crippen molar-refractivity contribution in [3.63, 3.8) is 0 Å². The molecule has 0 radical (unpaired) electrons. The molecule has 3 N–H and O–H groups in total. The molecule has 2 aliphatic rings. The minimum Gasteiger partial charge on any atom is -0.438 e. The molecular weight excluding hydrogens is 603 g/mol. The number of pyridine rings is 1. The Hall–Kier alpha value is -4.19. The summed E-state index contributed by atoms with van der Waals surface area (Å²) >= 11 is 1.44. The largest absolute Gasteiger partial charge is 0.438 e. The number of ether oxygens (including phenoxy) is 1. The maximum Gasteiger partial charge on any atom is 0.270 e. The molecule has 1 aliphatic heterocycles. The van der Waals surface area contributed by atoms with Gasteiger partial charge in [-0.2, -0.15) is 0 Å². The van der Waals surface area contributed by atoms with E-state index in [1.807, 2.05) is 25.1 Å². The van der Waals surface area contributed by atoms with Gasteiger partial charge in [0.15, 0.2) is 0 Å². The zero-order chi connectivity index (χ0) is 31.9. The van der Waals surface area contributed by atoms with E-state index in [1.54, 1.807) is 11.4 Å². The second-order valence-corrected chi connectivity index (χ2v) is 13.0. The molecule has 2 fully saturated rings. The van der Waals surface area contributed by atoms with Crippen LogP contribution < -0.4 is 20.7 Å². The van der Waals surface area contributed by atoms with Crippen molar-refractivity contribution < 1.29 is 18.7 Å². The van der Waals surface area contributed by atoms with Crippen molar-refractivity contribution in [2.24, 2.45) is 0 Å². The number of amides is 2. The quantitative estimate of drug-likeness (QED) is 0.214. The van der Waals surface area contributed by atoms with E-state index in [-0.39, 0.29) is 29.4 Å². The predicted molar refractivity (Wildman–Crippen MR) is 177 cm³/mol. The number of piperazine rings is 1. The molecule has 9 nitrogen and oxygen atoms in total. The SMILES string of the molecule is Cc1nc(C(=O)N[C@H]2CC[C@@H](NC(=O)c3cc(F)cnc3Oc3cccc(-c4ccc(CCN5CCNCC5)cc4)c3)CC2)cs1. The molecule has 2 amide bonds. The lowest BCUT2D eigenvalue weighted by molar-refractivity contribution is 0.0888. The Morgan fingerprint density at radius 1 is 0.978 bits per heavy atom. The Kier molecular flexibility index (Phi) is 10.3. The van der Waals surface area contributed by atoms with E-state index in [0.29, 0.717) is 37.1 Å². The smallest absolute Gasteiger partial charge is 0.270 e. The minimum atomic E-state index is -0.619. The highest BCUT2D eigenvalue weighted by Crippen LogP contribution is 2.29. The number of carbonyl (C=O) groups excluding carboxylic acids is 2. The van der Waals surface area contributed by atoms with Crippen LogP contribution >= 0.6 is 11.3 Å². The third-order valence-electron chi connectivity index (χ3n) is 8.57. The highest BCUT2D eigenvalue weighted by atomic mass is 32.1. The van der Waals surface area contributed by atoms with Crippen LogP contribution in [0, 0.1) is 12.7 Å². The minimum absolute atomic E-state index is 0.0122. The molecule has 46 heavy (non-hydrogen) atoms. The zero-order valence-corrected chi connectivity index (χ0v) is 26.7. The average Bonchev–Trinajstić information content (AvgIpc) is 3.53. The molecule has 0 atom stereocenters. The van der Waals surface area contributed by atoms with Gasteiger partial charge in [-0.25, -0.2) is 14.4 Å². The molecule has 0 bridgehead atoms. The van der Waals surface area contributed by atoms with Crippen LogP contribution in [0.4, 0.5) is 4.39 Å². The van der Waals surface area contributed by atoms with Gasteiger partial charge in [0.05, 0.1) is 11.2 Å². The van der Waals surface area contributed by atoms with Crippen LogP contribution in [0.25, 0.3) is 11.1 Å². The molecule has 6 rings (SSSR count). The molecular formula is C35H39FN6O3S. The number of hydrogen-bond donors (Lipinski definition) is 3. The predicted octanol–water partition coefficient (Wildman–Crippen LogP) is 5.36. The lowest BCUT2D eigenvalue weighted by atomic mass is 9.91. The highest BCUT2D eigenvalue weighted by molar-refractivity contribution is 7.09. The number of rotatable bonds is 10. The van der Waals surface area contributed by atoms with E-state index in [2.05, 4.69) is 55.1 Å². The first-order valence-corrected chi connectivity index (χ1v) is 16.8. The Morgan fingerprint density at radius 2 is 1.70 bits per heavy atom. The van der Waals surface area contributed by atoms with Crippen molar-refractivity contribution >= 4 is 23.2 Å². The van der Waals surface area contributed by atoms with Crippen molar-refractivity contribution in [3.8, 4) is 22.8 Å². The second kappa shape index (κ2) is 14.9.